The summed E-state index contributed by atoms with van der Waals surface area (Å²) in [5.74, 6) is -3.05. The summed E-state index contributed by atoms with van der Waals surface area (Å²) in [6.45, 7) is 0.365. The highest BCUT2D eigenvalue weighted by Gasteiger charge is 2.25. The van der Waals surface area contributed by atoms with Crippen molar-refractivity contribution in [3.8, 4) is 0 Å². The van der Waals surface area contributed by atoms with E-state index in [1.165, 1.54) is 0 Å². The molecule has 0 radical (unpaired) electrons. The summed E-state index contributed by atoms with van der Waals surface area (Å²) in [4.78, 5) is 60.3. The Balaban J connectivity index is 2.74. The van der Waals surface area contributed by atoms with Crippen molar-refractivity contribution in [2.24, 2.45) is 0 Å². The third-order valence-electron chi connectivity index (χ3n) is 4.92. The van der Waals surface area contributed by atoms with E-state index in [0.29, 0.717) is 17.6 Å². The number of ether oxygens (including phenoxy) is 1. The highest BCUT2D eigenvalue weighted by atomic mass is 79.9. The molecule has 1 aromatic rings. The van der Waals surface area contributed by atoms with E-state index >= 15 is 0 Å². The Labute approximate surface area is 230 Å². The Kier molecular flexibility index (Phi) is 14.0. The van der Waals surface area contributed by atoms with Gasteiger partial charge in [0.2, 0.25) is 17.7 Å². The Morgan fingerprint density at radius 2 is 1.68 bits per heavy atom. The maximum atomic E-state index is 12.8. The van der Waals surface area contributed by atoms with Crippen LogP contribution in [0.3, 0.4) is 0 Å². The van der Waals surface area contributed by atoms with Crippen molar-refractivity contribution in [2.75, 3.05) is 46.5 Å². The molecule has 14 heteroatoms. The molecule has 0 fully saturated rings. The quantitative estimate of drug-likeness (QED) is 0.123. The van der Waals surface area contributed by atoms with Crippen LogP contribution >= 0.6 is 28.6 Å². The second-order valence-corrected chi connectivity index (χ2v) is 10.3. The molecule has 5 N–H and O–H groups in total. The van der Waals surface area contributed by atoms with E-state index in [9.17, 15) is 24.0 Å². The largest absolute Gasteiger partial charge is 0.480 e. The molecule has 0 spiro atoms. The van der Waals surface area contributed by atoms with Gasteiger partial charge in [-0.3, -0.25) is 19.2 Å². The number of rotatable bonds is 15. The number of hydrogen-bond acceptors (Lipinski definition) is 7. The van der Waals surface area contributed by atoms with Crippen LogP contribution in [0.1, 0.15) is 18.4 Å². The first-order chi connectivity index (χ1) is 17.3. The summed E-state index contributed by atoms with van der Waals surface area (Å²) < 4.78 is 6.62. The van der Waals surface area contributed by atoms with Crippen molar-refractivity contribution >= 4 is 58.3 Å². The molecule has 0 aliphatic heterocycles. The van der Waals surface area contributed by atoms with E-state index in [1.54, 1.807) is 18.2 Å². The molecule has 37 heavy (non-hydrogen) atoms. The van der Waals surface area contributed by atoms with Crippen molar-refractivity contribution in [1.29, 1.82) is 0 Å². The predicted octanol–water partition coefficient (Wildman–Crippen LogP) is 0.262. The van der Waals surface area contributed by atoms with Gasteiger partial charge in [0.1, 0.15) is 25.2 Å². The molecule has 0 aliphatic carbocycles. The maximum Gasteiger partial charge on any atom is 0.408 e. The normalized spacial score (nSPS) is 12.6. The molecule has 0 aromatic heterocycles. The Hall–Kier alpha value is -2.84. The van der Waals surface area contributed by atoms with Crippen LogP contribution in [0.4, 0.5) is 4.79 Å². The summed E-state index contributed by atoms with van der Waals surface area (Å²) in [5, 5.41) is 18.6. The zero-order valence-electron chi connectivity index (χ0n) is 21.1. The number of aliphatic carboxylic acids is 1. The zero-order valence-corrected chi connectivity index (χ0v) is 23.6. The standard InChI is InChI=1S/C23H34BrN5O7S/c1-29(2,3)11-10-25-21(33)17(28-23(35)36-13-15-6-4-5-7-16(15)24)8-9-19(30)27-18(14-37)22(34)26-12-20(31)32/h4-7,17-18H,8-14H2,1-3H3,(H5-,25,26,27,28,30,31,32,33,34,35,37)/p+1/t17-,18-/m0/s1. The topological polar surface area (TPSA) is 163 Å². The maximum absolute atomic E-state index is 12.8. The van der Waals surface area contributed by atoms with E-state index in [1.807, 2.05) is 27.2 Å². The highest BCUT2D eigenvalue weighted by Crippen LogP contribution is 2.16. The van der Waals surface area contributed by atoms with Crippen LogP contribution in [0.5, 0.6) is 0 Å². The van der Waals surface area contributed by atoms with Crippen LogP contribution < -0.4 is 21.3 Å². The number of carboxylic acid groups (broad SMARTS) is 1. The number of carbonyl (C=O) groups excluding carboxylic acids is 4. The second-order valence-electron chi connectivity index (χ2n) is 9.12. The lowest BCUT2D eigenvalue weighted by Gasteiger charge is -2.25. The summed E-state index contributed by atoms with van der Waals surface area (Å²) >= 11 is 7.39. The van der Waals surface area contributed by atoms with E-state index < -0.39 is 48.4 Å². The molecule has 0 saturated carbocycles. The first kappa shape index (κ1) is 32.2. The molecule has 0 aliphatic rings. The number of alkyl carbamates (subject to hydrolysis) is 1. The van der Waals surface area contributed by atoms with Crippen molar-refractivity contribution in [3.63, 3.8) is 0 Å². The van der Waals surface area contributed by atoms with Gasteiger partial charge in [-0.2, -0.15) is 12.6 Å². The average Bonchev–Trinajstić information content (AvgIpc) is 2.82. The van der Waals surface area contributed by atoms with Crippen LogP contribution in [0.2, 0.25) is 0 Å². The van der Waals surface area contributed by atoms with Gasteiger partial charge in [-0.25, -0.2) is 4.79 Å². The van der Waals surface area contributed by atoms with Gasteiger partial charge in [-0.1, -0.05) is 34.1 Å². The number of benzene rings is 1. The molecule has 4 amide bonds. The Bertz CT molecular complexity index is 958. The monoisotopic (exact) mass is 604 g/mol. The van der Waals surface area contributed by atoms with Gasteiger partial charge in [0.25, 0.3) is 0 Å². The number of carbonyl (C=O) groups is 5. The number of carboxylic acids is 1. The highest BCUT2D eigenvalue weighted by molar-refractivity contribution is 9.10. The van der Waals surface area contributed by atoms with Crippen molar-refractivity contribution in [1.82, 2.24) is 21.3 Å². The molecule has 0 heterocycles. The van der Waals surface area contributed by atoms with Gasteiger partial charge in [0, 0.05) is 22.2 Å². The number of nitrogens with one attached hydrogen (secondary N) is 4. The molecule has 0 unspecified atom stereocenters. The van der Waals surface area contributed by atoms with Crippen LogP contribution in [0, 0.1) is 0 Å². The third kappa shape index (κ3) is 13.9. The number of amides is 4. The SMILES string of the molecule is C[N+](C)(C)CCNC(=O)[C@H](CCC(=O)N[C@@H](CS)C(=O)NCC(=O)O)NC(=O)OCc1ccccc1Br. The molecule has 1 aromatic carbocycles. The molecule has 0 bridgehead atoms. The minimum Gasteiger partial charge on any atom is -0.480 e. The fourth-order valence-corrected chi connectivity index (χ4v) is 3.53. The number of likely N-dealkylation sites (N-methyl/N-ethyl adjacent to an activating group) is 1. The molecular weight excluding hydrogens is 570 g/mol. The second kappa shape index (κ2) is 16.1. The fraction of sp³-hybridized carbons (Fsp3) is 0.522. The fourth-order valence-electron chi connectivity index (χ4n) is 2.87. The van der Waals surface area contributed by atoms with Crippen LogP contribution in [0.25, 0.3) is 0 Å². The molecule has 1 rings (SSSR count). The first-order valence-corrected chi connectivity index (χ1v) is 12.9. The van der Waals surface area contributed by atoms with Crippen LogP contribution in [-0.2, 0) is 30.5 Å². The van der Waals surface area contributed by atoms with Crippen molar-refractivity contribution in [3.05, 3.63) is 34.3 Å². The number of nitrogens with zero attached hydrogens (tertiary/aromatic N) is 1. The van der Waals surface area contributed by atoms with Gasteiger partial charge in [-0.15, -0.1) is 0 Å². The van der Waals surface area contributed by atoms with E-state index in [0.717, 1.165) is 10.0 Å². The van der Waals surface area contributed by atoms with Crippen molar-refractivity contribution in [2.45, 2.75) is 31.5 Å². The lowest BCUT2D eigenvalue weighted by Crippen LogP contribution is -2.51. The average molecular weight is 606 g/mol. The van der Waals surface area contributed by atoms with Gasteiger partial charge < -0.3 is 35.6 Å². The minimum absolute atomic E-state index is 0.0291. The summed E-state index contributed by atoms with van der Waals surface area (Å²) in [6, 6.07) is 5.07. The van der Waals surface area contributed by atoms with Crippen LogP contribution in [-0.4, -0.2) is 98.0 Å². The smallest absolute Gasteiger partial charge is 0.408 e. The van der Waals surface area contributed by atoms with E-state index in [4.69, 9.17) is 9.84 Å². The Morgan fingerprint density at radius 1 is 1.03 bits per heavy atom. The van der Waals surface area contributed by atoms with Gasteiger partial charge >= 0.3 is 12.1 Å². The summed E-state index contributed by atoms with van der Waals surface area (Å²) in [7, 11) is 5.90. The number of hydrogen-bond donors (Lipinski definition) is 6. The lowest BCUT2D eigenvalue weighted by molar-refractivity contribution is -0.869. The molecule has 0 saturated heterocycles. The van der Waals surface area contributed by atoms with Gasteiger partial charge in [-0.05, 0) is 12.5 Å². The Morgan fingerprint density at radius 3 is 2.27 bits per heavy atom. The lowest BCUT2D eigenvalue weighted by atomic mass is 10.1. The number of halogens is 1. The molecular formula is C23H35BrN5O7S+. The van der Waals surface area contributed by atoms with Crippen molar-refractivity contribution < 1.29 is 38.3 Å². The molecule has 2 atom stereocenters. The van der Waals surface area contributed by atoms with Crippen LogP contribution in [0.15, 0.2) is 28.7 Å². The molecule has 206 valence electrons. The van der Waals surface area contributed by atoms with E-state index in [-0.39, 0.29) is 25.2 Å². The zero-order chi connectivity index (χ0) is 28.0. The van der Waals surface area contributed by atoms with Gasteiger partial charge in [0.05, 0.1) is 34.2 Å². The minimum atomic E-state index is -1.23. The number of quaternary nitrogens is 1. The predicted molar refractivity (Wildman–Crippen MR) is 143 cm³/mol. The third-order valence-corrected chi connectivity index (χ3v) is 6.05. The summed E-state index contributed by atoms with van der Waals surface area (Å²) in [5.41, 5.74) is 0.736. The number of thiol groups is 1. The van der Waals surface area contributed by atoms with E-state index in [2.05, 4.69) is 49.8 Å². The summed E-state index contributed by atoms with van der Waals surface area (Å²) in [6.07, 6.45) is -1.10. The van der Waals surface area contributed by atoms with Gasteiger partial charge in [0.15, 0.2) is 0 Å². The molecule has 12 nitrogen and oxygen atoms in total. The first-order valence-electron chi connectivity index (χ1n) is 11.5.